The number of nitrogens with one attached hydrogen (secondary N) is 1. The maximum absolute atomic E-state index is 12.2. The normalized spacial score (nSPS) is 11.1. The molecule has 6 heteroatoms. The second-order valence-electron chi connectivity index (χ2n) is 4.45. The van der Waals surface area contributed by atoms with Gasteiger partial charge in [-0.3, -0.25) is 4.72 Å². The number of hydrogen-bond donors (Lipinski definition) is 2. The van der Waals surface area contributed by atoms with Gasteiger partial charge in [0.2, 0.25) is 0 Å². The van der Waals surface area contributed by atoms with Crippen molar-refractivity contribution in [3.63, 3.8) is 0 Å². The minimum absolute atomic E-state index is 0.0664. The molecule has 0 unspecified atom stereocenters. The van der Waals surface area contributed by atoms with E-state index in [0.29, 0.717) is 17.9 Å². The molecule has 0 aliphatic carbocycles. The highest BCUT2D eigenvalue weighted by molar-refractivity contribution is 7.92. The van der Waals surface area contributed by atoms with Gasteiger partial charge >= 0.3 is 0 Å². The molecule has 21 heavy (non-hydrogen) atoms. The molecule has 0 bridgehead atoms. The molecule has 0 aliphatic heterocycles. The molecule has 0 aliphatic rings. The predicted octanol–water partition coefficient (Wildman–Crippen LogP) is 2.03. The van der Waals surface area contributed by atoms with Crippen molar-refractivity contribution in [3.05, 3.63) is 54.1 Å². The van der Waals surface area contributed by atoms with Gasteiger partial charge < -0.3 is 9.84 Å². The van der Waals surface area contributed by atoms with Gasteiger partial charge in [-0.2, -0.15) is 0 Å². The monoisotopic (exact) mass is 307 g/mol. The third kappa shape index (κ3) is 3.96. The maximum atomic E-state index is 12.2. The fourth-order valence-corrected chi connectivity index (χ4v) is 2.90. The fourth-order valence-electron chi connectivity index (χ4n) is 1.84. The lowest BCUT2D eigenvalue weighted by molar-refractivity contribution is 0.299. The molecule has 0 saturated heterocycles. The fraction of sp³-hybridized carbons (Fsp3) is 0.200. The molecule has 2 N–H and O–H groups in total. The number of rotatable bonds is 6. The van der Waals surface area contributed by atoms with Crippen LogP contribution in [0.25, 0.3) is 0 Å². The van der Waals surface area contributed by atoms with Crippen LogP contribution in [0.5, 0.6) is 5.75 Å². The summed E-state index contributed by atoms with van der Waals surface area (Å²) in [5.74, 6) is 0.599. The van der Waals surface area contributed by atoms with Crippen LogP contribution in [0.3, 0.4) is 0 Å². The Bertz CT molecular complexity index is 679. The average Bonchev–Trinajstić information content (AvgIpc) is 2.49. The van der Waals surface area contributed by atoms with Crippen molar-refractivity contribution >= 4 is 15.7 Å². The molecule has 0 amide bonds. The zero-order valence-corrected chi connectivity index (χ0v) is 12.4. The molecule has 5 nitrogen and oxygen atoms in total. The van der Waals surface area contributed by atoms with Crippen molar-refractivity contribution in [2.24, 2.45) is 0 Å². The second kappa shape index (κ2) is 6.60. The van der Waals surface area contributed by atoms with Crippen LogP contribution in [0.15, 0.2) is 53.4 Å². The van der Waals surface area contributed by atoms with Crippen LogP contribution in [0.4, 0.5) is 5.69 Å². The lowest BCUT2D eigenvalue weighted by atomic mass is 10.1. The van der Waals surface area contributed by atoms with E-state index in [-0.39, 0.29) is 11.5 Å². The van der Waals surface area contributed by atoms with E-state index in [2.05, 4.69) is 4.72 Å². The highest BCUT2D eigenvalue weighted by Gasteiger charge is 2.14. The summed E-state index contributed by atoms with van der Waals surface area (Å²) < 4.78 is 32.0. The van der Waals surface area contributed by atoms with Gasteiger partial charge in [0.05, 0.1) is 12.0 Å². The first kappa shape index (κ1) is 15.3. The molecule has 2 aromatic carbocycles. The third-order valence-corrected chi connectivity index (χ3v) is 4.37. The van der Waals surface area contributed by atoms with Crippen molar-refractivity contribution < 1.29 is 18.3 Å². The molecule has 0 radical (unpaired) electrons. The second-order valence-corrected chi connectivity index (χ2v) is 6.13. The van der Waals surface area contributed by atoms with E-state index < -0.39 is 10.0 Å². The molecule has 0 fully saturated rings. The predicted molar refractivity (Wildman–Crippen MR) is 81.0 cm³/mol. The topological polar surface area (TPSA) is 75.6 Å². The lowest BCUT2D eigenvalue weighted by Crippen LogP contribution is -2.12. The number of ether oxygens (including phenoxy) is 1. The number of anilines is 1. The number of aliphatic hydroxyl groups excluding tert-OH is 1. The summed E-state index contributed by atoms with van der Waals surface area (Å²) in [4.78, 5) is 0.169. The minimum atomic E-state index is -3.62. The van der Waals surface area contributed by atoms with Gasteiger partial charge in [-0.15, -0.1) is 0 Å². The number of sulfonamides is 1. The molecular weight excluding hydrogens is 290 g/mol. The van der Waals surface area contributed by atoms with Crippen molar-refractivity contribution in [1.82, 2.24) is 0 Å². The Hall–Kier alpha value is -2.05. The van der Waals surface area contributed by atoms with E-state index in [0.717, 1.165) is 5.56 Å². The standard InChI is InChI=1S/C15H17NO4S/c1-20-14-6-8-15(9-7-14)21(18,19)16-13-4-2-12(3-5-13)10-11-17/h2-9,16-17H,10-11H2,1H3. The van der Waals surface area contributed by atoms with Crippen LogP contribution in [0.1, 0.15) is 5.56 Å². The largest absolute Gasteiger partial charge is 0.497 e. The highest BCUT2D eigenvalue weighted by atomic mass is 32.2. The summed E-state index contributed by atoms with van der Waals surface area (Å²) in [5, 5.41) is 8.85. The van der Waals surface area contributed by atoms with Crippen LogP contribution in [0.2, 0.25) is 0 Å². The zero-order chi connectivity index (χ0) is 15.3. The van der Waals surface area contributed by atoms with Crippen LogP contribution in [0, 0.1) is 0 Å². The van der Waals surface area contributed by atoms with E-state index in [4.69, 9.17) is 9.84 Å². The highest BCUT2D eigenvalue weighted by Crippen LogP contribution is 2.19. The van der Waals surface area contributed by atoms with E-state index in [9.17, 15) is 8.42 Å². The average molecular weight is 307 g/mol. The Morgan fingerprint density at radius 3 is 2.19 bits per heavy atom. The smallest absolute Gasteiger partial charge is 0.261 e. The molecular formula is C15H17NO4S. The Morgan fingerprint density at radius 2 is 1.67 bits per heavy atom. The summed E-state index contributed by atoms with van der Waals surface area (Å²) >= 11 is 0. The van der Waals surface area contributed by atoms with E-state index in [1.165, 1.54) is 19.2 Å². The van der Waals surface area contributed by atoms with Crippen molar-refractivity contribution in [3.8, 4) is 5.75 Å². The number of benzene rings is 2. The summed E-state index contributed by atoms with van der Waals surface area (Å²) in [6.45, 7) is 0.0664. The molecule has 2 aromatic rings. The summed E-state index contributed by atoms with van der Waals surface area (Å²) in [7, 11) is -2.09. The first-order valence-corrected chi connectivity index (χ1v) is 7.90. The minimum Gasteiger partial charge on any atom is -0.497 e. The quantitative estimate of drug-likeness (QED) is 0.856. The third-order valence-electron chi connectivity index (χ3n) is 2.98. The van der Waals surface area contributed by atoms with Crippen molar-refractivity contribution in [1.29, 1.82) is 0 Å². The first-order valence-electron chi connectivity index (χ1n) is 6.42. The van der Waals surface area contributed by atoms with Crippen molar-refractivity contribution in [2.45, 2.75) is 11.3 Å². The van der Waals surface area contributed by atoms with Gasteiger partial charge in [0.15, 0.2) is 0 Å². The Balaban J connectivity index is 2.16. The van der Waals surface area contributed by atoms with Crippen LogP contribution in [-0.4, -0.2) is 27.2 Å². The Labute approximate surface area is 124 Å². The summed E-state index contributed by atoms with van der Waals surface area (Å²) in [6.07, 6.45) is 0.547. The van der Waals surface area contributed by atoms with E-state index in [1.807, 2.05) is 0 Å². The SMILES string of the molecule is COc1ccc(S(=O)(=O)Nc2ccc(CCO)cc2)cc1. The Morgan fingerprint density at radius 1 is 1.05 bits per heavy atom. The molecule has 0 atom stereocenters. The number of aliphatic hydroxyl groups is 1. The zero-order valence-electron chi connectivity index (χ0n) is 11.6. The van der Waals surface area contributed by atoms with Gasteiger partial charge in [-0.25, -0.2) is 8.42 Å². The van der Waals surface area contributed by atoms with Crippen LogP contribution < -0.4 is 9.46 Å². The van der Waals surface area contributed by atoms with E-state index in [1.54, 1.807) is 36.4 Å². The molecule has 0 heterocycles. The Kier molecular flexibility index (Phi) is 4.82. The van der Waals surface area contributed by atoms with Crippen molar-refractivity contribution in [2.75, 3.05) is 18.4 Å². The van der Waals surface area contributed by atoms with Crippen LogP contribution >= 0.6 is 0 Å². The first-order chi connectivity index (χ1) is 10.0. The van der Waals surface area contributed by atoms with Gasteiger partial charge in [0.25, 0.3) is 10.0 Å². The van der Waals surface area contributed by atoms with Gasteiger partial charge in [0, 0.05) is 12.3 Å². The number of methoxy groups -OCH3 is 1. The van der Waals surface area contributed by atoms with E-state index >= 15 is 0 Å². The summed E-state index contributed by atoms with van der Waals surface area (Å²) in [6, 6.07) is 13.1. The molecule has 0 saturated carbocycles. The van der Waals surface area contributed by atoms with Gasteiger partial charge in [0.1, 0.15) is 5.75 Å². The molecule has 0 spiro atoms. The maximum Gasteiger partial charge on any atom is 0.261 e. The molecule has 2 rings (SSSR count). The molecule has 112 valence electrons. The molecule has 0 aromatic heterocycles. The number of hydrogen-bond acceptors (Lipinski definition) is 4. The van der Waals surface area contributed by atoms with Gasteiger partial charge in [-0.05, 0) is 48.4 Å². The summed E-state index contributed by atoms with van der Waals surface area (Å²) in [5.41, 5.74) is 1.43. The van der Waals surface area contributed by atoms with Gasteiger partial charge in [-0.1, -0.05) is 12.1 Å². The van der Waals surface area contributed by atoms with Crippen LogP contribution in [-0.2, 0) is 16.4 Å². The lowest BCUT2D eigenvalue weighted by Gasteiger charge is -2.09.